The molecule has 0 spiro atoms. The normalized spacial score (nSPS) is 22.8. The largest absolute Gasteiger partial charge is 0.373 e. The summed E-state index contributed by atoms with van der Waals surface area (Å²) in [6.45, 7) is 5.59. The molecule has 0 radical (unpaired) electrons. The number of sulfonamides is 1. The SMILES string of the molecule is CC1CN(S(=O)(=O)c2ccc(C(=O)N3CC=C(c4ccccc4)CC3)cc2)CC(C)O1. The van der Waals surface area contributed by atoms with E-state index in [0.717, 1.165) is 6.42 Å². The van der Waals surface area contributed by atoms with E-state index in [2.05, 4.69) is 18.2 Å². The minimum atomic E-state index is -3.61. The molecule has 2 unspecified atom stereocenters. The molecular formula is C24H28N2O4S. The Morgan fingerprint density at radius 2 is 1.61 bits per heavy atom. The topological polar surface area (TPSA) is 66.9 Å². The Balaban J connectivity index is 1.45. The maximum atomic E-state index is 13.0. The summed E-state index contributed by atoms with van der Waals surface area (Å²) in [6, 6.07) is 16.5. The first-order valence-electron chi connectivity index (χ1n) is 10.6. The first-order chi connectivity index (χ1) is 14.8. The van der Waals surface area contributed by atoms with Crippen molar-refractivity contribution in [3.63, 3.8) is 0 Å². The zero-order valence-corrected chi connectivity index (χ0v) is 18.7. The number of carbonyl (C=O) groups is 1. The van der Waals surface area contributed by atoms with Crippen molar-refractivity contribution >= 4 is 21.5 Å². The first-order valence-corrected chi connectivity index (χ1v) is 12.1. The lowest BCUT2D eigenvalue weighted by molar-refractivity contribution is -0.0440. The zero-order chi connectivity index (χ0) is 22.0. The number of nitrogens with zero attached hydrogens (tertiary/aromatic N) is 2. The molecule has 2 atom stereocenters. The number of carbonyl (C=O) groups excluding carboxylic acids is 1. The Hall–Kier alpha value is -2.48. The van der Waals surface area contributed by atoms with Crippen molar-refractivity contribution in [3.8, 4) is 0 Å². The Morgan fingerprint density at radius 1 is 0.968 bits per heavy atom. The summed E-state index contributed by atoms with van der Waals surface area (Å²) in [6.07, 6.45) is 2.60. The van der Waals surface area contributed by atoms with E-state index < -0.39 is 10.0 Å². The van der Waals surface area contributed by atoms with E-state index in [4.69, 9.17) is 4.74 Å². The molecule has 2 aliphatic heterocycles. The van der Waals surface area contributed by atoms with Crippen LogP contribution in [-0.4, -0.2) is 61.9 Å². The molecule has 164 valence electrons. The van der Waals surface area contributed by atoms with Gasteiger partial charge in [0.25, 0.3) is 5.91 Å². The third-order valence-corrected chi connectivity index (χ3v) is 7.61. The third-order valence-electron chi connectivity index (χ3n) is 5.77. The average molecular weight is 441 g/mol. The monoisotopic (exact) mass is 440 g/mol. The van der Waals surface area contributed by atoms with Crippen LogP contribution in [0, 0.1) is 0 Å². The fourth-order valence-electron chi connectivity index (χ4n) is 4.20. The fraction of sp³-hybridized carbons (Fsp3) is 0.375. The van der Waals surface area contributed by atoms with Crippen LogP contribution in [0.25, 0.3) is 5.57 Å². The standard InChI is InChI=1S/C24H28N2O4S/c1-18-16-26(17-19(2)30-18)31(28,29)23-10-8-22(9-11-23)24(27)25-14-12-21(13-15-25)20-6-4-3-5-7-20/h3-12,18-19H,13-17H2,1-2H3. The smallest absolute Gasteiger partial charge is 0.254 e. The maximum Gasteiger partial charge on any atom is 0.254 e. The van der Waals surface area contributed by atoms with E-state index in [9.17, 15) is 13.2 Å². The zero-order valence-electron chi connectivity index (χ0n) is 17.9. The van der Waals surface area contributed by atoms with Crippen LogP contribution in [0.15, 0.2) is 65.6 Å². The summed E-state index contributed by atoms with van der Waals surface area (Å²) in [4.78, 5) is 14.9. The van der Waals surface area contributed by atoms with Gasteiger partial charge in [0.2, 0.25) is 10.0 Å². The molecule has 4 rings (SSSR count). The van der Waals surface area contributed by atoms with Crippen LogP contribution in [0.1, 0.15) is 36.2 Å². The van der Waals surface area contributed by atoms with Gasteiger partial charge in [0, 0.05) is 31.7 Å². The van der Waals surface area contributed by atoms with Gasteiger partial charge >= 0.3 is 0 Å². The Labute approximate surface area is 184 Å². The quantitative estimate of drug-likeness (QED) is 0.731. The maximum absolute atomic E-state index is 13.0. The molecule has 1 fully saturated rings. The molecular weight excluding hydrogens is 412 g/mol. The lowest BCUT2D eigenvalue weighted by Crippen LogP contribution is -2.48. The van der Waals surface area contributed by atoms with Crippen LogP contribution in [0.5, 0.6) is 0 Å². The molecule has 2 aromatic rings. The summed E-state index contributed by atoms with van der Waals surface area (Å²) in [7, 11) is -3.61. The highest BCUT2D eigenvalue weighted by atomic mass is 32.2. The van der Waals surface area contributed by atoms with Gasteiger partial charge in [0.1, 0.15) is 0 Å². The van der Waals surface area contributed by atoms with Crippen molar-refractivity contribution in [2.24, 2.45) is 0 Å². The van der Waals surface area contributed by atoms with Crippen LogP contribution >= 0.6 is 0 Å². The molecule has 1 saturated heterocycles. The van der Waals surface area contributed by atoms with Gasteiger partial charge in [-0.1, -0.05) is 36.4 Å². The van der Waals surface area contributed by atoms with E-state index in [-0.39, 0.29) is 23.0 Å². The molecule has 2 aromatic carbocycles. The summed E-state index contributed by atoms with van der Waals surface area (Å²) in [5, 5.41) is 0. The van der Waals surface area contributed by atoms with E-state index in [1.54, 1.807) is 17.0 Å². The molecule has 0 N–H and O–H groups in total. The third kappa shape index (κ3) is 4.74. The molecule has 2 heterocycles. The van der Waals surface area contributed by atoms with Gasteiger partial charge in [-0.3, -0.25) is 4.79 Å². The summed E-state index contributed by atoms with van der Waals surface area (Å²) >= 11 is 0. The molecule has 0 aliphatic carbocycles. The van der Waals surface area contributed by atoms with Crippen molar-refractivity contribution in [1.29, 1.82) is 0 Å². The summed E-state index contributed by atoms with van der Waals surface area (Å²) in [5.74, 6) is -0.0825. The second-order valence-corrected chi connectivity index (χ2v) is 10.1. The summed E-state index contributed by atoms with van der Waals surface area (Å²) < 4.78 is 33.1. The second-order valence-electron chi connectivity index (χ2n) is 8.20. The summed E-state index contributed by atoms with van der Waals surface area (Å²) in [5.41, 5.74) is 2.94. The minimum Gasteiger partial charge on any atom is -0.373 e. The Morgan fingerprint density at radius 3 is 2.19 bits per heavy atom. The minimum absolute atomic E-state index is 0.0825. The molecule has 7 heteroatoms. The van der Waals surface area contributed by atoms with E-state index >= 15 is 0 Å². The van der Waals surface area contributed by atoms with Crippen LogP contribution in [0.2, 0.25) is 0 Å². The van der Waals surface area contributed by atoms with E-state index in [1.807, 2.05) is 32.0 Å². The predicted molar refractivity (Wildman–Crippen MR) is 120 cm³/mol. The van der Waals surface area contributed by atoms with Crippen LogP contribution in [0.4, 0.5) is 0 Å². The molecule has 0 bridgehead atoms. The number of hydrogen-bond acceptors (Lipinski definition) is 4. The van der Waals surface area contributed by atoms with Gasteiger partial charge in [-0.2, -0.15) is 4.31 Å². The number of rotatable bonds is 4. The highest BCUT2D eigenvalue weighted by Crippen LogP contribution is 2.24. The van der Waals surface area contributed by atoms with E-state index in [0.29, 0.717) is 31.7 Å². The van der Waals surface area contributed by atoms with Crippen molar-refractivity contribution in [2.45, 2.75) is 37.4 Å². The van der Waals surface area contributed by atoms with Crippen molar-refractivity contribution in [2.75, 3.05) is 26.2 Å². The van der Waals surface area contributed by atoms with Gasteiger partial charge in [0.15, 0.2) is 0 Å². The number of benzene rings is 2. The van der Waals surface area contributed by atoms with Crippen LogP contribution < -0.4 is 0 Å². The highest BCUT2D eigenvalue weighted by molar-refractivity contribution is 7.89. The molecule has 0 aromatic heterocycles. The van der Waals surface area contributed by atoms with Crippen molar-refractivity contribution < 1.29 is 17.9 Å². The lowest BCUT2D eigenvalue weighted by Gasteiger charge is -2.34. The van der Waals surface area contributed by atoms with Gasteiger partial charge in [-0.05, 0) is 55.7 Å². The van der Waals surface area contributed by atoms with Gasteiger partial charge in [-0.25, -0.2) is 8.42 Å². The molecule has 6 nitrogen and oxygen atoms in total. The second kappa shape index (κ2) is 8.94. The number of morpholine rings is 1. The van der Waals surface area contributed by atoms with Crippen molar-refractivity contribution in [3.05, 3.63) is 71.8 Å². The molecule has 1 amide bonds. The van der Waals surface area contributed by atoms with E-state index in [1.165, 1.54) is 27.6 Å². The Kier molecular flexibility index (Phi) is 6.27. The van der Waals surface area contributed by atoms with Crippen LogP contribution in [0.3, 0.4) is 0 Å². The number of ether oxygens (including phenoxy) is 1. The highest BCUT2D eigenvalue weighted by Gasteiger charge is 2.32. The Bertz CT molecular complexity index is 1050. The predicted octanol–water partition coefficient (Wildman–Crippen LogP) is 3.41. The van der Waals surface area contributed by atoms with Crippen LogP contribution in [-0.2, 0) is 14.8 Å². The number of amides is 1. The average Bonchev–Trinajstić information content (AvgIpc) is 2.79. The van der Waals surface area contributed by atoms with Crippen molar-refractivity contribution in [1.82, 2.24) is 9.21 Å². The lowest BCUT2D eigenvalue weighted by atomic mass is 9.99. The molecule has 0 saturated carbocycles. The number of hydrogen-bond donors (Lipinski definition) is 0. The van der Waals surface area contributed by atoms with Gasteiger partial charge in [-0.15, -0.1) is 0 Å². The van der Waals surface area contributed by atoms with Gasteiger partial charge in [0.05, 0.1) is 17.1 Å². The first kappa shape index (κ1) is 21.7. The molecule has 31 heavy (non-hydrogen) atoms. The molecule has 2 aliphatic rings. The fourth-order valence-corrected chi connectivity index (χ4v) is 5.79. The van der Waals surface area contributed by atoms with Gasteiger partial charge < -0.3 is 9.64 Å².